The molecule has 0 bridgehead atoms. The summed E-state index contributed by atoms with van der Waals surface area (Å²) in [5.41, 5.74) is 1.20. The molecular weight excluding hydrogens is 274 g/mol. The van der Waals surface area contributed by atoms with Crippen LogP contribution in [0, 0.1) is 0 Å². The third-order valence-electron chi connectivity index (χ3n) is 4.77. The molecule has 1 aliphatic heterocycles. The Morgan fingerprint density at radius 3 is 2.45 bits per heavy atom. The van der Waals surface area contributed by atoms with Crippen molar-refractivity contribution in [2.45, 2.75) is 71.1 Å². The van der Waals surface area contributed by atoms with Crippen LogP contribution in [0.2, 0.25) is 0 Å². The lowest BCUT2D eigenvalue weighted by Gasteiger charge is -2.40. The molecule has 3 atom stereocenters. The second kappa shape index (κ2) is 7.98. The van der Waals surface area contributed by atoms with Crippen LogP contribution < -0.4 is 4.74 Å². The summed E-state index contributed by atoms with van der Waals surface area (Å²) in [4.78, 5) is 2.42. The minimum absolute atomic E-state index is 0.361. The van der Waals surface area contributed by atoms with Gasteiger partial charge < -0.3 is 9.84 Å². The topological polar surface area (TPSA) is 32.7 Å². The third-order valence-corrected chi connectivity index (χ3v) is 4.77. The van der Waals surface area contributed by atoms with Crippen LogP contribution in [0.3, 0.4) is 0 Å². The lowest BCUT2D eigenvalue weighted by atomic mass is 9.97. The van der Waals surface area contributed by atoms with Crippen molar-refractivity contribution in [3.63, 3.8) is 0 Å². The number of nitrogens with zero attached hydrogens (tertiary/aromatic N) is 1. The van der Waals surface area contributed by atoms with Crippen LogP contribution >= 0.6 is 0 Å². The molecule has 1 heterocycles. The van der Waals surface area contributed by atoms with Crippen LogP contribution in [0.15, 0.2) is 24.3 Å². The molecule has 0 unspecified atom stereocenters. The highest BCUT2D eigenvalue weighted by Crippen LogP contribution is 2.26. The average molecular weight is 305 g/mol. The Morgan fingerprint density at radius 1 is 1.18 bits per heavy atom. The van der Waals surface area contributed by atoms with Gasteiger partial charge in [-0.1, -0.05) is 38.5 Å². The highest BCUT2D eigenvalue weighted by atomic mass is 16.5. The van der Waals surface area contributed by atoms with E-state index < -0.39 is 6.10 Å². The highest BCUT2D eigenvalue weighted by molar-refractivity contribution is 5.35. The number of aliphatic hydroxyl groups is 1. The number of rotatable bonds is 6. The first-order valence-electron chi connectivity index (χ1n) is 8.64. The highest BCUT2D eigenvalue weighted by Gasteiger charge is 2.26. The number of hydrogen-bond donors (Lipinski definition) is 1. The van der Waals surface area contributed by atoms with Crippen molar-refractivity contribution in [2.24, 2.45) is 0 Å². The largest absolute Gasteiger partial charge is 0.491 e. The number of ether oxygens (including phenoxy) is 1. The zero-order valence-corrected chi connectivity index (χ0v) is 14.5. The van der Waals surface area contributed by atoms with Gasteiger partial charge in [-0.25, -0.2) is 0 Å². The quantitative estimate of drug-likeness (QED) is 0.867. The molecule has 0 radical (unpaired) electrons. The lowest BCUT2D eigenvalue weighted by Crippen LogP contribution is -2.48. The molecule has 1 aromatic carbocycles. The van der Waals surface area contributed by atoms with Crippen molar-refractivity contribution in [3.8, 4) is 5.75 Å². The van der Waals surface area contributed by atoms with E-state index in [2.05, 4.69) is 38.7 Å². The molecule has 1 aromatic rings. The lowest BCUT2D eigenvalue weighted by molar-refractivity contribution is 0.0207. The Labute approximate surface area is 135 Å². The maximum absolute atomic E-state index is 10.4. The predicted molar refractivity (Wildman–Crippen MR) is 91.5 cm³/mol. The summed E-state index contributed by atoms with van der Waals surface area (Å²) in [7, 11) is 0. The molecule has 0 amide bonds. The molecule has 0 aromatic heterocycles. The van der Waals surface area contributed by atoms with Gasteiger partial charge >= 0.3 is 0 Å². The first-order valence-corrected chi connectivity index (χ1v) is 8.64. The van der Waals surface area contributed by atoms with Crippen molar-refractivity contribution in [1.82, 2.24) is 4.90 Å². The summed E-state index contributed by atoms with van der Waals surface area (Å²) in [6, 6.07) is 9.23. The number of β-amino-alcohol motifs (C(OH)–C–C–N with tert-alkyl or cyclic N) is 1. The van der Waals surface area contributed by atoms with Gasteiger partial charge in [0.1, 0.15) is 18.5 Å². The van der Waals surface area contributed by atoms with Crippen LogP contribution in [0.4, 0.5) is 0 Å². The number of piperidine rings is 1. The maximum atomic E-state index is 10.4. The zero-order valence-electron chi connectivity index (χ0n) is 14.5. The number of benzene rings is 1. The van der Waals surface area contributed by atoms with E-state index in [-0.39, 0.29) is 0 Å². The van der Waals surface area contributed by atoms with Crippen molar-refractivity contribution in [3.05, 3.63) is 29.8 Å². The van der Waals surface area contributed by atoms with Crippen molar-refractivity contribution in [2.75, 3.05) is 13.2 Å². The summed E-state index contributed by atoms with van der Waals surface area (Å²) in [5.74, 6) is 1.33. The minimum Gasteiger partial charge on any atom is -0.491 e. The summed E-state index contributed by atoms with van der Waals surface area (Å²) >= 11 is 0. The molecule has 22 heavy (non-hydrogen) atoms. The van der Waals surface area contributed by atoms with E-state index in [1.54, 1.807) is 0 Å². The first-order chi connectivity index (χ1) is 10.5. The normalized spacial score (nSPS) is 24.5. The molecule has 0 spiro atoms. The fourth-order valence-electron chi connectivity index (χ4n) is 3.41. The van der Waals surface area contributed by atoms with Gasteiger partial charge in [-0.2, -0.15) is 0 Å². The molecule has 3 nitrogen and oxygen atoms in total. The fourth-order valence-corrected chi connectivity index (χ4v) is 3.41. The van der Waals surface area contributed by atoms with Crippen molar-refractivity contribution < 1.29 is 9.84 Å². The van der Waals surface area contributed by atoms with E-state index in [9.17, 15) is 5.11 Å². The standard InChI is InChI=1S/C19H31NO2/c1-14(2)18-10-5-6-11-19(18)22-13-17(21)12-20-15(3)8-7-9-16(20)4/h5-6,10-11,14-17,21H,7-9,12-13H2,1-4H3/t15-,16+,17-/m1/s1. The zero-order chi connectivity index (χ0) is 16.1. The number of hydrogen-bond acceptors (Lipinski definition) is 3. The summed E-state index contributed by atoms with van der Waals surface area (Å²) < 4.78 is 5.90. The second-order valence-corrected chi connectivity index (χ2v) is 6.98. The van der Waals surface area contributed by atoms with E-state index in [1.807, 2.05) is 18.2 Å². The van der Waals surface area contributed by atoms with Gasteiger partial charge in [0, 0.05) is 18.6 Å². The van der Waals surface area contributed by atoms with Crippen LogP contribution in [-0.2, 0) is 0 Å². The van der Waals surface area contributed by atoms with E-state index in [0.29, 0.717) is 31.2 Å². The van der Waals surface area contributed by atoms with Crippen molar-refractivity contribution in [1.29, 1.82) is 0 Å². The first kappa shape index (κ1) is 17.3. The Hall–Kier alpha value is -1.06. The van der Waals surface area contributed by atoms with Crippen LogP contribution in [-0.4, -0.2) is 41.3 Å². The Bertz CT molecular complexity index is 451. The van der Waals surface area contributed by atoms with E-state index in [0.717, 1.165) is 5.75 Å². The number of aliphatic hydroxyl groups excluding tert-OH is 1. The average Bonchev–Trinajstić information content (AvgIpc) is 2.49. The smallest absolute Gasteiger partial charge is 0.122 e. The molecular formula is C19H31NO2. The van der Waals surface area contributed by atoms with Crippen LogP contribution in [0.1, 0.15) is 58.4 Å². The third kappa shape index (κ3) is 4.47. The number of para-hydroxylation sites is 1. The Kier molecular flexibility index (Phi) is 6.27. The molecule has 2 rings (SSSR count). The van der Waals surface area contributed by atoms with Gasteiger partial charge in [-0.05, 0) is 44.2 Å². The van der Waals surface area contributed by atoms with Gasteiger partial charge in [-0.3, -0.25) is 4.90 Å². The van der Waals surface area contributed by atoms with Gasteiger partial charge in [0.05, 0.1) is 0 Å². The molecule has 1 fully saturated rings. The van der Waals surface area contributed by atoms with Gasteiger partial charge in [0.25, 0.3) is 0 Å². The maximum Gasteiger partial charge on any atom is 0.122 e. The van der Waals surface area contributed by atoms with Crippen LogP contribution in [0.25, 0.3) is 0 Å². The monoisotopic (exact) mass is 305 g/mol. The SMILES string of the molecule is CC(C)c1ccccc1OC[C@H](O)CN1[C@H](C)CCC[C@@H]1C. The number of likely N-dealkylation sites (tertiary alicyclic amines) is 1. The summed E-state index contributed by atoms with van der Waals surface area (Å²) in [5, 5.41) is 10.4. The Balaban J connectivity index is 1.89. The molecule has 1 aliphatic rings. The van der Waals surface area contributed by atoms with E-state index in [4.69, 9.17) is 4.74 Å². The van der Waals surface area contributed by atoms with Gasteiger partial charge in [0.15, 0.2) is 0 Å². The van der Waals surface area contributed by atoms with Gasteiger partial charge in [-0.15, -0.1) is 0 Å². The van der Waals surface area contributed by atoms with Gasteiger partial charge in [0.2, 0.25) is 0 Å². The summed E-state index contributed by atoms with van der Waals surface area (Å²) in [6.07, 6.45) is 3.32. The minimum atomic E-state index is -0.441. The summed E-state index contributed by atoms with van der Waals surface area (Å²) in [6.45, 7) is 9.91. The fraction of sp³-hybridized carbons (Fsp3) is 0.684. The predicted octanol–water partition coefficient (Wildman–Crippen LogP) is 3.81. The molecule has 1 saturated heterocycles. The molecule has 124 valence electrons. The molecule has 3 heteroatoms. The molecule has 0 aliphatic carbocycles. The van der Waals surface area contributed by atoms with Crippen molar-refractivity contribution >= 4 is 0 Å². The van der Waals surface area contributed by atoms with E-state index >= 15 is 0 Å². The Morgan fingerprint density at radius 2 is 1.82 bits per heavy atom. The van der Waals surface area contributed by atoms with Crippen LogP contribution in [0.5, 0.6) is 5.75 Å². The van der Waals surface area contributed by atoms with E-state index in [1.165, 1.54) is 24.8 Å². The molecule has 1 N–H and O–H groups in total. The molecule has 0 saturated carbocycles. The second-order valence-electron chi connectivity index (χ2n) is 6.98.